The molecule has 0 aliphatic carbocycles. The van der Waals surface area contributed by atoms with Crippen molar-refractivity contribution in [3.05, 3.63) is 30.0 Å². The molecule has 1 aromatic heterocycles. The number of hydrogen-bond donors (Lipinski definition) is 2. The minimum atomic E-state index is -4.59. The first-order valence-corrected chi connectivity index (χ1v) is 6.87. The lowest BCUT2D eigenvalue weighted by Crippen LogP contribution is -2.37. The molecule has 1 aromatic carbocycles. The number of alkyl halides is 3. The number of carbonyl (C=O) groups is 2. The first-order chi connectivity index (χ1) is 10.8. The van der Waals surface area contributed by atoms with Gasteiger partial charge < -0.3 is 10.6 Å². The first kappa shape index (κ1) is 15.3. The van der Waals surface area contributed by atoms with Crippen LogP contribution in [0.25, 0.3) is 10.9 Å². The van der Waals surface area contributed by atoms with Crippen molar-refractivity contribution >= 4 is 22.7 Å². The molecule has 2 amide bonds. The second-order valence-corrected chi connectivity index (χ2v) is 5.48. The molecule has 2 atom stereocenters. The van der Waals surface area contributed by atoms with E-state index in [0.29, 0.717) is 10.9 Å². The van der Waals surface area contributed by atoms with E-state index in [1.165, 1.54) is 0 Å². The maximum Gasteiger partial charge on any atom is 0.394 e. The number of rotatable bonds is 2. The van der Waals surface area contributed by atoms with Crippen LogP contribution in [0.15, 0.2) is 24.3 Å². The zero-order valence-corrected chi connectivity index (χ0v) is 11.8. The lowest BCUT2D eigenvalue weighted by Gasteiger charge is -2.18. The van der Waals surface area contributed by atoms with Crippen LogP contribution in [-0.4, -0.2) is 46.2 Å². The van der Waals surface area contributed by atoms with E-state index in [2.05, 4.69) is 10.2 Å². The molecule has 23 heavy (non-hydrogen) atoms. The Kier molecular flexibility index (Phi) is 3.50. The number of nitrogens with one attached hydrogen (secondary N) is 1. The molecule has 1 fully saturated rings. The van der Waals surface area contributed by atoms with Crippen LogP contribution in [0.5, 0.6) is 0 Å². The van der Waals surface area contributed by atoms with Gasteiger partial charge in [0.2, 0.25) is 5.91 Å². The van der Waals surface area contributed by atoms with Gasteiger partial charge in [0.25, 0.3) is 5.91 Å². The van der Waals surface area contributed by atoms with Crippen LogP contribution in [0, 0.1) is 11.8 Å². The summed E-state index contributed by atoms with van der Waals surface area (Å²) in [7, 11) is 0. The van der Waals surface area contributed by atoms with Crippen molar-refractivity contribution in [3.8, 4) is 0 Å². The van der Waals surface area contributed by atoms with Crippen molar-refractivity contribution < 1.29 is 22.8 Å². The third kappa shape index (κ3) is 2.62. The lowest BCUT2D eigenvalue weighted by molar-refractivity contribution is -0.182. The Balaban J connectivity index is 1.90. The zero-order chi connectivity index (χ0) is 16.8. The minimum absolute atomic E-state index is 0.0339. The number of carbonyl (C=O) groups excluding carboxylic acids is 2. The molecule has 3 rings (SSSR count). The van der Waals surface area contributed by atoms with Crippen LogP contribution in [0.4, 0.5) is 13.2 Å². The summed E-state index contributed by atoms with van der Waals surface area (Å²) in [5.74, 6) is -5.10. The maximum absolute atomic E-state index is 13.0. The molecule has 0 bridgehead atoms. The number of halogens is 3. The quantitative estimate of drug-likeness (QED) is 0.871. The summed E-state index contributed by atoms with van der Waals surface area (Å²) < 4.78 is 39.1. The highest BCUT2D eigenvalue weighted by Gasteiger charge is 2.53. The van der Waals surface area contributed by atoms with Gasteiger partial charge in [-0.15, -0.1) is 0 Å². The summed E-state index contributed by atoms with van der Waals surface area (Å²) >= 11 is 0. The molecule has 0 spiro atoms. The fraction of sp³-hybridized carbons (Fsp3) is 0.357. The van der Waals surface area contributed by atoms with Crippen molar-refractivity contribution in [2.75, 3.05) is 13.1 Å². The largest absolute Gasteiger partial charge is 0.394 e. The molecule has 3 N–H and O–H groups in total. The van der Waals surface area contributed by atoms with E-state index in [9.17, 15) is 22.8 Å². The smallest absolute Gasteiger partial charge is 0.369 e. The minimum Gasteiger partial charge on any atom is -0.369 e. The van der Waals surface area contributed by atoms with Gasteiger partial charge in [0.1, 0.15) is 0 Å². The second kappa shape index (κ2) is 5.25. The molecule has 1 saturated heterocycles. The summed E-state index contributed by atoms with van der Waals surface area (Å²) in [6, 6.07) is 6.79. The van der Waals surface area contributed by atoms with Gasteiger partial charge in [0.05, 0.1) is 17.4 Å². The van der Waals surface area contributed by atoms with E-state index in [-0.39, 0.29) is 12.2 Å². The average molecular weight is 326 g/mol. The molecule has 0 saturated carbocycles. The fourth-order valence-corrected chi connectivity index (χ4v) is 2.87. The van der Waals surface area contributed by atoms with E-state index in [0.717, 1.165) is 4.90 Å². The average Bonchev–Trinajstić information content (AvgIpc) is 3.10. The van der Waals surface area contributed by atoms with E-state index in [1.807, 2.05) is 0 Å². The summed E-state index contributed by atoms with van der Waals surface area (Å²) in [5, 5.41) is 7.06. The molecule has 2 heterocycles. The zero-order valence-electron chi connectivity index (χ0n) is 11.8. The van der Waals surface area contributed by atoms with Crippen LogP contribution in [0.3, 0.4) is 0 Å². The molecule has 0 unspecified atom stereocenters. The van der Waals surface area contributed by atoms with E-state index < -0.39 is 36.4 Å². The van der Waals surface area contributed by atoms with E-state index in [4.69, 9.17) is 5.73 Å². The SMILES string of the molecule is NC(=O)[C@@H]1CN(C(=O)c2n[nH]c3ccccc23)C[C@H]1C(F)(F)F. The Labute approximate surface area is 128 Å². The van der Waals surface area contributed by atoms with Crippen LogP contribution < -0.4 is 5.73 Å². The molecule has 1 aliphatic heterocycles. The second-order valence-electron chi connectivity index (χ2n) is 5.48. The maximum atomic E-state index is 13.0. The predicted octanol–water partition coefficient (Wildman–Crippen LogP) is 1.30. The normalized spacial score (nSPS) is 21.8. The van der Waals surface area contributed by atoms with Crippen LogP contribution in [0.1, 0.15) is 10.5 Å². The van der Waals surface area contributed by atoms with Crippen molar-refractivity contribution in [2.24, 2.45) is 17.6 Å². The highest BCUT2D eigenvalue weighted by Crippen LogP contribution is 2.38. The van der Waals surface area contributed by atoms with Crippen molar-refractivity contribution in [1.82, 2.24) is 15.1 Å². The van der Waals surface area contributed by atoms with Gasteiger partial charge in [-0.1, -0.05) is 18.2 Å². The van der Waals surface area contributed by atoms with Gasteiger partial charge in [0.15, 0.2) is 5.69 Å². The summed E-state index contributed by atoms with van der Waals surface area (Å²) in [6.07, 6.45) is -4.59. The molecule has 1 aliphatic rings. The summed E-state index contributed by atoms with van der Waals surface area (Å²) in [5.41, 5.74) is 5.70. The number of hydrogen-bond acceptors (Lipinski definition) is 3. The Morgan fingerprint density at radius 1 is 1.26 bits per heavy atom. The third-order valence-electron chi connectivity index (χ3n) is 4.07. The molecule has 0 radical (unpaired) electrons. The van der Waals surface area contributed by atoms with Crippen LogP contribution >= 0.6 is 0 Å². The van der Waals surface area contributed by atoms with Gasteiger partial charge in [-0.05, 0) is 6.07 Å². The first-order valence-electron chi connectivity index (χ1n) is 6.87. The van der Waals surface area contributed by atoms with Gasteiger partial charge in [-0.3, -0.25) is 14.7 Å². The standard InChI is InChI=1S/C14H13F3N4O2/c15-14(16,17)9-6-21(5-8(9)12(18)22)13(23)11-7-3-1-2-4-10(7)19-20-11/h1-4,8-9H,5-6H2,(H2,18,22)(H,19,20)/t8-,9-/m1/s1. The molecule has 2 aromatic rings. The third-order valence-corrected chi connectivity index (χ3v) is 4.07. The lowest BCUT2D eigenvalue weighted by atomic mass is 9.95. The van der Waals surface area contributed by atoms with Crippen molar-refractivity contribution in [1.29, 1.82) is 0 Å². The number of aromatic nitrogens is 2. The molecule has 6 nitrogen and oxygen atoms in total. The number of likely N-dealkylation sites (tertiary alicyclic amines) is 1. The number of para-hydroxylation sites is 1. The van der Waals surface area contributed by atoms with E-state index in [1.54, 1.807) is 24.3 Å². The number of aromatic amines is 1. The number of fused-ring (bicyclic) bond motifs is 1. The van der Waals surface area contributed by atoms with Crippen molar-refractivity contribution in [3.63, 3.8) is 0 Å². The van der Waals surface area contributed by atoms with Gasteiger partial charge in [-0.25, -0.2) is 0 Å². The van der Waals surface area contributed by atoms with Crippen molar-refractivity contribution in [2.45, 2.75) is 6.18 Å². The molecule has 122 valence electrons. The molecular weight excluding hydrogens is 313 g/mol. The van der Waals surface area contributed by atoms with Gasteiger partial charge >= 0.3 is 6.18 Å². The van der Waals surface area contributed by atoms with Crippen LogP contribution in [-0.2, 0) is 4.79 Å². The number of primary amides is 1. The van der Waals surface area contributed by atoms with Crippen LogP contribution in [0.2, 0.25) is 0 Å². The monoisotopic (exact) mass is 326 g/mol. The Morgan fingerprint density at radius 3 is 2.57 bits per heavy atom. The molecule has 9 heteroatoms. The summed E-state index contributed by atoms with van der Waals surface area (Å²) in [4.78, 5) is 24.8. The number of H-pyrrole nitrogens is 1. The number of amides is 2. The number of nitrogens with two attached hydrogens (primary N) is 1. The number of nitrogens with zero attached hydrogens (tertiary/aromatic N) is 2. The fourth-order valence-electron chi connectivity index (χ4n) is 2.87. The van der Waals surface area contributed by atoms with E-state index >= 15 is 0 Å². The van der Waals surface area contributed by atoms with Gasteiger partial charge in [-0.2, -0.15) is 18.3 Å². The summed E-state index contributed by atoms with van der Waals surface area (Å²) in [6.45, 7) is -0.962. The highest BCUT2D eigenvalue weighted by atomic mass is 19.4. The Bertz CT molecular complexity index is 771. The highest BCUT2D eigenvalue weighted by molar-refractivity contribution is 6.04. The topological polar surface area (TPSA) is 92.1 Å². The predicted molar refractivity (Wildman–Crippen MR) is 74.2 cm³/mol. The number of benzene rings is 1. The van der Waals surface area contributed by atoms with Gasteiger partial charge in [0, 0.05) is 18.5 Å². The molecular formula is C14H13F3N4O2. The Morgan fingerprint density at radius 2 is 1.96 bits per heavy atom. The Hall–Kier alpha value is -2.58.